The summed E-state index contributed by atoms with van der Waals surface area (Å²) in [7, 11) is 0. The van der Waals surface area contributed by atoms with Crippen molar-refractivity contribution in [2.75, 3.05) is 31.1 Å². The zero-order chi connectivity index (χ0) is 27.1. The third-order valence-electron chi connectivity index (χ3n) is 9.49. The van der Waals surface area contributed by atoms with E-state index in [1.54, 1.807) is 6.07 Å². The van der Waals surface area contributed by atoms with Gasteiger partial charge in [0, 0.05) is 64.7 Å². The maximum atomic E-state index is 12.6. The van der Waals surface area contributed by atoms with Gasteiger partial charge in [-0.1, -0.05) is 0 Å². The first-order chi connectivity index (χ1) is 19.5. The molecule has 0 unspecified atom stereocenters. The quantitative estimate of drug-likeness (QED) is 0.394. The maximum absolute atomic E-state index is 12.6. The van der Waals surface area contributed by atoms with Gasteiger partial charge in [-0.05, 0) is 80.0 Å². The predicted molar refractivity (Wildman–Crippen MR) is 152 cm³/mol. The normalized spacial score (nSPS) is 18.2. The van der Waals surface area contributed by atoms with Crippen LogP contribution in [0.5, 0.6) is 11.5 Å². The average Bonchev–Trinajstić information content (AvgIpc) is 2.96. The van der Waals surface area contributed by atoms with E-state index in [9.17, 15) is 14.7 Å². The van der Waals surface area contributed by atoms with Crippen molar-refractivity contribution in [1.82, 2.24) is 4.58 Å². The molecule has 0 bridgehead atoms. The highest BCUT2D eigenvalue weighted by Gasteiger charge is 2.36. The molecule has 3 aromatic rings. The summed E-state index contributed by atoms with van der Waals surface area (Å²) in [4.78, 5) is 27.4. The standard InChI is InChI=1S/C33H31N3O4/c34-32(37)20-9-10-21(33(38)39)24(17-20)27-25-15-18-5-1-11-35-13-3-7-22(28(18)35)30(25)40-31-23-8-4-14-36-12-2-6-19(29(23)36)16-26(27)31/h9-10,15-17H,1-8,11-14H2,(H2-,34,37,38,39)/p+1. The van der Waals surface area contributed by atoms with Crippen molar-refractivity contribution >= 4 is 23.1 Å². The number of carboxylic acid groups (broad SMARTS) is 1. The number of hydrogen-bond donors (Lipinski definition) is 2. The van der Waals surface area contributed by atoms with E-state index in [1.165, 1.54) is 45.4 Å². The number of benzene rings is 3. The summed E-state index contributed by atoms with van der Waals surface area (Å²) in [5.41, 5.74) is 14.9. The van der Waals surface area contributed by atoms with Gasteiger partial charge in [-0.2, -0.15) is 0 Å². The van der Waals surface area contributed by atoms with Crippen molar-refractivity contribution in [2.24, 2.45) is 5.73 Å². The number of primary amides is 1. The van der Waals surface area contributed by atoms with Gasteiger partial charge < -0.3 is 20.5 Å². The molecule has 5 aliphatic heterocycles. The van der Waals surface area contributed by atoms with Gasteiger partial charge in [-0.15, -0.1) is 0 Å². The monoisotopic (exact) mass is 534 g/mol. The van der Waals surface area contributed by atoms with E-state index < -0.39 is 11.9 Å². The number of ether oxygens (including phenoxy) is 1. The minimum atomic E-state index is -1.02. The number of nitrogens with two attached hydrogens (primary N) is 1. The Hall–Kier alpha value is -4.13. The molecule has 0 atom stereocenters. The van der Waals surface area contributed by atoms with E-state index in [1.807, 2.05) is 0 Å². The minimum Gasteiger partial charge on any atom is -0.478 e. The highest BCUT2D eigenvalue weighted by molar-refractivity contribution is 6.02. The van der Waals surface area contributed by atoms with Crippen molar-refractivity contribution in [3.63, 3.8) is 0 Å². The fourth-order valence-corrected chi connectivity index (χ4v) is 7.89. The van der Waals surface area contributed by atoms with Crippen LogP contribution in [0, 0.1) is 0 Å². The van der Waals surface area contributed by atoms with Crippen molar-refractivity contribution in [3.05, 3.63) is 85.4 Å². The van der Waals surface area contributed by atoms with Crippen LogP contribution < -0.4 is 30.5 Å². The molecular weight excluding hydrogens is 502 g/mol. The van der Waals surface area contributed by atoms with Crippen molar-refractivity contribution in [3.8, 4) is 11.5 Å². The third kappa shape index (κ3) is 3.33. The molecular formula is C33H32N3O4+. The SMILES string of the molecule is NC(=O)c1ccc(C(=O)O)c(C2=c3cc4c5c(c3Oc3c2cc2c6c3CCCN6CCC2)CCC[N+]=5CCC4)c1. The van der Waals surface area contributed by atoms with Gasteiger partial charge in [0.25, 0.3) is 0 Å². The van der Waals surface area contributed by atoms with E-state index in [-0.39, 0.29) is 5.56 Å². The molecule has 40 heavy (non-hydrogen) atoms. The van der Waals surface area contributed by atoms with E-state index in [2.05, 4.69) is 21.6 Å². The summed E-state index contributed by atoms with van der Waals surface area (Å²) < 4.78 is 9.54. The number of aryl methyl sites for hydroxylation is 2. The van der Waals surface area contributed by atoms with Gasteiger partial charge in [0.05, 0.1) is 11.1 Å². The second-order valence-electron chi connectivity index (χ2n) is 11.8. The Bertz CT molecular complexity index is 1800. The second-order valence-corrected chi connectivity index (χ2v) is 11.8. The first-order valence-corrected chi connectivity index (χ1v) is 14.6. The van der Waals surface area contributed by atoms with Gasteiger partial charge in [-0.25, -0.2) is 9.37 Å². The molecule has 7 nitrogen and oxygen atoms in total. The van der Waals surface area contributed by atoms with Gasteiger partial charge in [0.15, 0.2) is 0 Å². The molecule has 0 spiro atoms. The van der Waals surface area contributed by atoms with Crippen LogP contribution in [0.2, 0.25) is 0 Å². The van der Waals surface area contributed by atoms with Crippen LogP contribution in [0.1, 0.15) is 79.8 Å². The Morgan fingerprint density at radius 3 is 2.40 bits per heavy atom. The lowest BCUT2D eigenvalue weighted by molar-refractivity contribution is 0.0696. The first kappa shape index (κ1) is 23.7. The number of hydrogen-bond acceptors (Lipinski definition) is 4. The molecule has 0 fully saturated rings. The molecule has 3 aromatic carbocycles. The summed E-state index contributed by atoms with van der Waals surface area (Å²) in [5.74, 6) is 0.123. The summed E-state index contributed by atoms with van der Waals surface area (Å²) in [6.07, 6.45) is 8.18. The molecule has 5 aliphatic rings. The number of carbonyl (C=O) groups excluding carboxylic acids is 1. The Kier molecular flexibility index (Phi) is 5.15. The lowest BCUT2D eigenvalue weighted by Gasteiger charge is -2.39. The highest BCUT2D eigenvalue weighted by atomic mass is 16.5. The van der Waals surface area contributed by atoms with Crippen LogP contribution in [0.4, 0.5) is 5.69 Å². The van der Waals surface area contributed by atoms with Crippen molar-refractivity contribution in [1.29, 1.82) is 0 Å². The molecule has 7 heteroatoms. The average molecular weight is 535 g/mol. The summed E-state index contributed by atoms with van der Waals surface area (Å²) in [5, 5.41) is 12.6. The summed E-state index contributed by atoms with van der Waals surface area (Å²) >= 11 is 0. The smallest absolute Gasteiger partial charge is 0.336 e. The van der Waals surface area contributed by atoms with E-state index in [0.717, 1.165) is 105 Å². The van der Waals surface area contributed by atoms with Crippen LogP contribution in [0.25, 0.3) is 5.57 Å². The lowest BCUT2D eigenvalue weighted by Crippen LogP contribution is -2.45. The summed E-state index contributed by atoms with van der Waals surface area (Å²) in [6, 6.07) is 9.19. The first-order valence-electron chi connectivity index (χ1n) is 14.6. The largest absolute Gasteiger partial charge is 0.478 e. The van der Waals surface area contributed by atoms with Gasteiger partial charge >= 0.3 is 5.97 Å². The Morgan fingerprint density at radius 2 is 1.60 bits per heavy atom. The van der Waals surface area contributed by atoms with Crippen LogP contribution in [0.15, 0.2) is 30.3 Å². The van der Waals surface area contributed by atoms with Crippen molar-refractivity contribution < 1.29 is 19.4 Å². The zero-order valence-electron chi connectivity index (χ0n) is 22.5. The number of rotatable bonds is 3. The van der Waals surface area contributed by atoms with Crippen molar-refractivity contribution in [2.45, 2.75) is 51.4 Å². The minimum absolute atomic E-state index is 0.166. The molecule has 0 saturated carbocycles. The number of nitrogens with zero attached hydrogens (tertiary/aromatic N) is 2. The molecule has 0 radical (unpaired) electrons. The molecule has 0 aromatic heterocycles. The molecule has 202 valence electrons. The number of amides is 1. The Labute approximate surface area is 232 Å². The number of aromatic carboxylic acids is 1. The molecule has 5 heterocycles. The number of fused-ring (bicyclic) bond motifs is 4. The maximum Gasteiger partial charge on any atom is 0.336 e. The third-order valence-corrected chi connectivity index (χ3v) is 9.49. The van der Waals surface area contributed by atoms with E-state index in [4.69, 9.17) is 10.5 Å². The molecule has 1 amide bonds. The second kappa shape index (κ2) is 8.68. The van der Waals surface area contributed by atoms with Crippen LogP contribution in [-0.2, 0) is 25.7 Å². The van der Waals surface area contributed by atoms with Gasteiger partial charge in [0.2, 0.25) is 11.3 Å². The fraction of sp³-hybridized carbons (Fsp3) is 0.364. The van der Waals surface area contributed by atoms with Crippen LogP contribution >= 0.6 is 0 Å². The topological polar surface area (TPSA) is 95.9 Å². The molecule has 0 aliphatic carbocycles. The van der Waals surface area contributed by atoms with Crippen LogP contribution in [-0.4, -0.2) is 43.2 Å². The Balaban J connectivity index is 1.55. The molecule has 0 saturated heterocycles. The zero-order valence-corrected chi connectivity index (χ0v) is 22.5. The number of carboxylic acids is 1. The number of anilines is 1. The predicted octanol–water partition coefficient (Wildman–Crippen LogP) is 2.92. The Morgan fingerprint density at radius 1 is 0.850 bits per heavy atom. The lowest BCUT2D eigenvalue weighted by atomic mass is 9.81. The fourth-order valence-electron chi connectivity index (χ4n) is 7.89. The van der Waals surface area contributed by atoms with Gasteiger partial charge in [0.1, 0.15) is 24.6 Å². The molecule has 3 N–H and O–H groups in total. The summed E-state index contributed by atoms with van der Waals surface area (Å²) in [6.45, 7) is 4.24. The molecule has 8 rings (SSSR count). The number of carbonyl (C=O) groups is 2. The van der Waals surface area contributed by atoms with Crippen LogP contribution in [0.3, 0.4) is 0 Å². The highest BCUT2D eigenvalue weighted by Crippen LogP contribution is 2.48. The van der Waals surface area contributed by atoms with E-state index in [0.29, 0.717) is 11.1 Å². The van der Waals surface area contributed by atoms with E-state index >= 15 is 0 Å². The van der Waals surface area contributed by atoms with Gasteiger partial charge in [-0.3, -0.25) is 4.79 Å².